The molecule has 8 heteroatoms. The van der Waals surface area contributed by atoms with Gasteiger partial charge in [0.25, 0.3) is 0 Å². The summed E-state index contributed by atoms with van der Waals surface area (Å²) in [6.07, 6.45) is 0. The van der Waals surface area contributed by atoms with Crippen molar-refractivity contribution < 1.29 is 0 Å². The van der Waals surface area contributed by atoms with Crippen molar-refractivity contribution in [1.82, 2.24) is 39.0 Å². The van der Waals surface area contributed by atoms with E-state index in [4.69, 9.17) is 29.9 Å². The van der Waals surface area contributed by atoms with Crippen LogP contribution in [0.2, 0.25) is 0 Å². The highest BCUT2D eigenvalue weighted by Crippen LogP contribution is 2.52. The minimum Gasteiger partial charge on any atom is -0.309 e. The summed E-state index contributed by atoms with van der Waals surface area (Å²) in [5.74, 6) is 3.38. The Morgan fingerprint density at radius 1 is 0.299 bits per heavy atom. The standard InChI is InChI=1S/C69H46N8/c1-69(2)54-35-18-15-30-48(54)49-33-21-34-52(62(49)69)67-72-65(45-26-11-5-12-27-45)71-66(75-67)46-38-39-57(53(42-46)68-73-63(43-22-7-3-8-23-43)70-64(74-68)44-24-9-4-10-25-44)77-56-37-20-17-32-51(56)61-59(77)41-40-58-60(61)50-31-16-19-36-55(50)76(58)47-28-13-6-14-29-47/h3-42H,1-2H3. The van der Waals surface area contributed by atoms with E-state index >= 15 is 0 Å². The number of aromatic nitrogens is 8. The Kier molecular flexibility index (Phi) is 10.1. The van der Waals surface area contributed by atoms with Crippen LogP contribution < -0.4 is 0 Å². The predicted molar refractivity (Wildman–Crippen MR) is 312 cm³/mol. The van der Waals surface area contributed by atoms with Gasteiger partial charge in [-0.1, -0.05) is 202 Å². The van der Waals surface area contributed by atoms with Gasteiger partial charge in [-0.15, -0.1) is 0 Å². The summed E-state index contributed by atoms with van der Waals surface area (Å²) >= 11 is 0. The molecule has 0 N–H and O–H groups in total. The van der Waals surface area contributed by atoms with Crippen molar-refractivity contribution in [2.45, 2.75) is 19.3 Å². The molecule has 4 heterocycles. The van der Waals surface area contributed by atoms with E-state index in [2.05, 4.69) is 187 Å². The second-order valence-corrected chi connectivity index (χ2v) is 20.2. The van der Waals surface area contributed by atoms with Crippen molar-refractivity contribution in [1.29, 1.82) is 0 Å². The first kappa shape index (κ1) is 44.3. The molecule has 8 nitrogen and oxygen atoms in total. The summed E-state index contributed by atoms with van der Waals surface area (Å²) in [4.78, 5) is 32.1. The first-order valence-corrected chi connectivity index (χ1v) is 26.0. The topological polar surface area (TPSA) is 87.2 Å². The summed E-state index contributed by atoms with van der Waals surface area (Å²) in [5, 5.41) is 4.68. The van der Waals surface area contributed by atoms with Crippen LogP contribution in [0.3, 0.4) is 0 Å². The lowest BCUT2D eigenvalue weighted by molar-refractivity contribution is 0.661. The molecule has 14 aromatic rings. The van der Waals surface area contributed by atoms with Crippen LogP contribution in [0, 0.1) is 0 Å². The van der Waals surface area contributed by atoms with Crippen LogP contribution in [0.15, 0.2) is 243 Å². The molecular weight excluding hydrogens is 941 g/mol. The van der Waals surface area contributed by atoms with Gasteiger partial charge in [0.2, 0.25) is 0 Å². The maximum atomic E-state index is 5.47. The third-order valence-corrected chi connectivity index (χ3v) is 15.4. The largest absolute Gasteiger partial charge is 0.309 e. The zero-order chi connectivity index (χ0) is 51.2. The normalized spacial score (nSPS) is 12.6. The Labute approximate surface area is 444 Å². The van der Waals surface area contributed by atoms with Gasteiger partial charge in [0.05, 0.1) is 27.8 Å². The maximum absolute atomic E-state index is 5.47. The maximum Gasteiger partial charge on any atom is 0.166 e. The Balaban J connectivity index is 1.02. The monoisotopic (exact) mass is 986 g/mol. The van der Waals surface area contributed by atoms with Gasteiger partial charge >= 0.3 is 0 Å². The van der Waals surface area contributed by atoms with Gasteiger partial charge in [0.15, 0.2) is 34.9 Å². The van der Waals surface area contributed by atoms with Crippen molar-refractivity contribution in [3.05, 3.63) is 254 Å². The highest BCUT2D eigenvalue weighted by atomic mass is 15.1. The van der Waals surface area contributed by atoms with Gasteiger partial charge in [0.1, 0.15) is 0 Å². The van der Waals surface area contributed by atoms with E-state index in [9.17, 15) is 0 Å². The highest BCUT2D eigenvalue weighted by Gasteiger charge is 2.38. The molecular formula is C69H46N8. The van der Waals surface area contributed by atoms with Crippen LogP contribution in [-0.2, 0) is 5.41 Å². The van der Waals surface area contributed by atoms with E-state index in [1.54, 1.807) is 0 Å². The molecule has 1 aliphatic carbocycles. The fourth-order valence-electron chi connectivity index (χ4n) is 12.0. The van der Waals surface area contributed by atoms with Gasteiger partial charge in [-0.05, 0) is 76.9 Å². The molecule has 0 saturated heterocycles. The molecule has 0 bridgehead atoms. The highest BCUT2D eigenvalue weighted by molar-refractivity contribution is 6.29. The zero-order valence-corrected chi connectivity index (χ0v) is 42.2. The molecule has 0 aliphatic heterocycles. The van der Waals surface area contributed by atoms with Gasteiger partial charge in [0, 0.05) is 66.0 Å². The Morgan fingerprint density at radius 3 is 1.31 bits per heavy atom. The average Bonchev–Trinajstić information content (AvgIpc) is 4.23. The molecule has 0 radical (unpaired) electrons. The smallest absolute Gasteiger partial charge is 0.166 e. The minimum atomic E-state index is -0.299. The Morgan fingerprint density at radius 2 is 0.727 bits per heavy atom. The fourth-order valence-corrected chi connectivity index (χ4v) is 12.0. The molecule has 10 aromatic carbocycles. The van der Waals surface area contributed by atoms with Crippen molar-refractivity contribution in [3.8, 4) is 90.8 Å². The zero-order valence-electron chi connectivity index (χ0n) is 42.2. The molecule has 0 fully saturated rings. The number of nitrogens with zero attached hydrogens (tertiary/aromatic N) is 8. The summed E-state index contributed by atoms with van der Waals surface area (Å²) in [7, 11) is 0. The minimum absolute atomic E-state index is 0.299. The average molecular weight is 987 g/mol. The van der Waals surface area contributed by atoms with Crippen LogP contribution in [0.4, 0.5) is 0 Å². The number of rotatable bonds is 8. The summed E-state index contributed by atoms with van der Waals surface area (Å²) in [5.41, 5.74) is 16.2. The fraction of sp³-hybridized carbons (Fsp3) is 0.0435. The number of hydrogen-bond donors (Lipinski definition) is 0. The van der Waals surface area contributed by atoms with Crippen molar-refractivity contribution in [2.75, 3.05) is 0 Å². The lowest BCUT2D eigenvalue weighted by atomic mass is 9.80. The summed E-state index contributed by atoms with van der Waals surface area (Å²) in [6, 6.07) is 84.9. The lowest BCUT2D eigenvalue weighted by Gasteiger charge is -2.24. The number of hydrogen-bond acceptors (Lipinski definition) is 6. The molecule has 4 aromatic heterocycles. The van der Waals surface area contributed by atoms with E-state index in [-0.39, 0.29) is 5.41 Å². The van der Waals surface area contributed by atoms with Gasteiger partial charge < -0.3 is 9.13 Å². The molecule has 0 spiro atoms. The van der Waals surface area contributed by atoms with Crippen molar-refractivity contribution in [3.63, 3.8) is 0 Å². The van der Waals surface area contributed by atoms with Crippen LogP contribution in [0.1, 0.15) is 25.0 Å². The third kappa shape index (κ3) is 7.06. The molecule has 1 aliphatic rings. The van der Waals surface area contributed by atoms with Crippen LogP contribution >= 0.6 is 0 Å². The first-order valence-electron chi connectivity index (χ1n) is 26.0. The van der Waals surface area contributed by atoms with Gasteiger partial charge in [-0.25, -0.2) is 29.9 Å². The van der Waals surface area contributed by atoms with Crippen LogP contribution in [0.5, 0.6) is 0 Å². The second-order valence-electron chi connectivity index (χ2n) is 20.2. The van der Waals surface area contributed by atoms with E-state index in [0.29, 0.717) is 34.9 Å². The van der Waals surface area contributed by atoms with Crippen molar-refractivity contribution >= 4 is 43.6 Å². The SMILES string of the molecule is CC1(C)c2ccccc2-c2cccc(-c3nc(-c4ccccc4)nc(-c4ccc(-n5c6ccccc6c6c7c8ccccc8n(-c8ccccc8)c7ccc65)c(-c5nc(-c6ccccc6)nc(-c6ccccc6)n5)c4)n3)c21. The van der Waals surface area contributed by atoms with Crippen LogP contribution in [0.25, 0.3) is 134 Å². The summed E-state index contributed by atoms with van der Waals surface area (Å²) in [6.45, 7) is 4.60. The van der Waals surface area contributed by atoms with Crippen molar-refractivity contribution in [2.24, 2.45) is 0 Å². The van der Waals surface area contributed by atoms with E-state index in [1.165, 1.54) is 38.4 Å². The Hall–Kier alpha value is -10.2. The van der Waals surface area contributed by atoms with Crippen LogP contribution in [-0.4, -0.2) is 39.0 Å². The predicted octanol–water partition coefficient (Wildman–Crippen LogP) is 16.6. The van der Waals surface area contributed by atoms with E-state index < -0.39 is 0 Å². The summed E-state index contributed by atoms with van der Waals surface area (Å²) < 4.78 is 4.76. The van der Waals surface area contributed by atoms with E-state index in [1.807, 2.05) is 78.9 Å². The molecule has 0 atom stereocenters. The molecule has 15 rings (SSSR count). The third-order valence-electron chi connectivity index (χ3n) is 15.4. The molecule has 0 unspecified atom stereocenters. The quantitative estimate of drug-likeness (QED) is 0.151. The molecule has 362 valence electrons. The number of para-hydroxylation sites is 3. The molecule has 0 saturated carbocycles. The number of benzene rings is 10. The molecule has 0 amide bonds. The lowest BCUT2D eigenvalue weighted by Crippen LogP contribution is -2.17. The molecule has 77 heavy (non-hydrogen) atoms. The van der Waals surface area contributed by atoms with E-state index in [0.717, 1.165) is 72.2 Å². The number of fused-ring (bicyclic) bond motifs is 10. The Bertz CT molecular complexity index is 4580. The van der Waals surface area contributed by atoms with Gasteiger partial charge in [-0.2, -0.15) is 0 Å². The second kappa shape index (κ2) is 17.5. The first-order chi connectivity index (χ1) is 38.0. The van der Waals surface area contributed by atoms with Gasteiger partial charge in [-0.3, -0.25) is 0 Å².